The molecule has 4 nitrogen and oxygen atoms in total. The molecule has 0 saturated heterocycles. The molecule has 3 atom stereocenters. The first-order valence-electron chi connectivity index (χ1n) is 5.67. The minimum atomic E-state index is -0.378. The lowest BCUT2D eigenvalue weighted by Crippen LogP contribution is -2.36. The summed E-state index contributed by atoms with van der Waals surface area (Å²) in [4.78, 5) is 11.5. The van der Waals surface area contributed by atoms with Crippen molar-refractivity contribution in [2.24, 2.45) is 11.7 Å². The van der Waals surface area contributed by atoms with Crippen molar-refractivity contribution in [3.05, 3.63) is 0 Å². The highest BCUT2D eigenvalue weighted by Crippen LogP contribution is 2.06. The number of nitrogens with one attached hydrogen (secondary N) is 1. The minimum absolute atomic E-state index is 0.0211. The van der Waals surface area contributed by atoms with E-state index in [4.69, 9.17) is 10.8 Å². The second kappa shape index (κ2) is 7.65. The molecule has 0 radical (unpaired) electrons. The van der Waals surface area contributed by atoms with Gasteiger partial charge in [0.25, 0.3) is 0 Å². The van der Waals surface area contributed by atoms with E-state index < -0.39 is 0 Å². The van der Waals surface area contributed by atoms with Crippen LogP contribution in [0, 0.1) is 5.92 Å². The SMILES string of the molecule is CCC(CN)CC(=O)NC(C)CC(C)O. The molecule has 0 aliphatic rings. The molecule has 4 N–H and O–H groups in total. The van der Waals surface area contributed by atoms with Crippen LogP contribution in [0.2, 0.25) is 0 Å². The highest BCUT2D eigenvalue weighted by Gasteiger charge is 2.13. The molecular weight excluding hydrogens is 192 g/mol. The average molecular weight is 216 g/mol. The number of nitrogens with two attached hydrogens (primary N) is 1. The van der Waals surface area contributed by atoms with Gasteiger partial charge in [-0.2, -0.15) is 0 Å². The van der Waals surface area contributed by atoms with Gasteiger partial charge in [-0.15, -0.1) is 0 Å². The molecule has 3 unspecified atom stereocenters. The Kier molecular flexibility index (Phi) is 7.34. The Morgan fingerprint density at radius 3 is 2.47 bits per heavy atom. The molecule has 0 aromatic carbocycles. The van der Waals surface area contributed by atoms with Crippen LogP contribution in [0.1, 0.15) is 40.0 Å². The number of rotatable bonds is 7. The van der Waals surface area contributed by atoms with Gasteiger partial charge in [-0.25, -0.2) is 0 Å². The summed E-state index contributed by atoms with van der Waals surface area (Å²) < 4.78 is 0. The van der Waals surface area contributed by atoms with Crippen molar-refractivity contribution in [2.75, 3.05) is 6.54 Å². The molecule has 0 bridgehead atoms. The Morgan fingerprint density at radius 1 is 1.47 bits per heavy atom. The smallest absolute Gasteiger partial charge is 0.220 e. The summed E-state index contributed by atoms with van der Waals surface area (Å²) in [6.07, 6.45) is 1.62. The maximum absolute atomic E-state index is 11.5. The van der Waals surface area contributed by atoms with Crippen molar-refractivity contribution >= 4 is 5.91 Å². The Hall–Kier alpha value is -0.610. The molecule has 0 aromatic rings. The second-order valence-corrected chi connectivity index (χ2v) is 4.27. The number of aliphatic hydroxyl groups excluding tert-OH is 1. The highest BCUT2D eigenvalue weighted by molar-refractivity contribution is 5.76. The minimum Gasteiger partial charge on any atom is -0.393 e. The molecule has 0 aromatic heterocycles. The summed E-state index contributed by atoms with van der Waals surface area (Å²) >= 11 is 0. The van der Waals surface area contributed by atoms with Crippen LogP contribution in [0.25, 0.3) is 0 Å². The van der Waals surface area contributed by atoms with Crippen molar-refractivity contribution in [1.82, 2.24) is 5.32 Å². The van der Waals surface area contributed by atoms with Gasteiger partial charge in [-0.1, -0.05) is 13.3 Å². The zero-order valence-electron chi connectivity index (χ0n) is 9.99. The van der Waals surface area contributed by atoms with Gasteiger partial charge in [0.15, 0.2) is 0 Å². The van der Waals surface area contributed by atoms with E-state index in [1.54, 1.807) is 6.92 Å². The number of aliphatic hydroxyl groups is 1. The standard InChI is InChI=1S/C11H24N2O2/c1-4-10(7-12)6-11(15)13-8(2)5-9(3)14/h8-10,14H,4-7,12H2,1-3H3,(H,13,15). The van der Waals surface area contributed by atoms with Crippen LogP contribution in [0.5, 0.6) is 0 Å². The molecule has 0 aliphatic heterocycles. The number of amides is 1. The number of carbonyl (C=O) groups is 1. The van der Waals surface area contributed by atoms with E-state index in [0.717, 1.165) is 6.42 Å². The molecule has 0 rings (SSSR count). The van der Waals surface area contributed by atoms with Crippen molar-refractivity contribution < 1.29 is 9.90 Å². The summed E-state index contributed by atoms with van der Waals surface area (Å²) in [6, 6.07) is 0.0211. The van der Waals surface area contributed by atoms with Gasteiger partial charge < -0.3 is 16.2 Å². The Balaban J connectivity index is 3.81. The Morgan fingerprint density at radius 2 is 2.07 bits per heavy atom. The van der Waals surface area contributed by atoms with Crippen molar-refractivity contribution in [3.8, 4) is 0 Å². The third-order valence-corrected chi connectivity index (χ3v) is 2.49. The first-order valence-corrected chi connectivity index (χ1v) is 5.67. The predicted molar refractivity (Wildman–Crippen MR) is 61.4 cm³/mol. The summed E-state index contributed by atoms with van der Waals surface area (Å²) in [7, 11) is 0. The Bertz CT molecular complexity index is 179. The van der Waals surface area contributed by atoms with Crippen LogP contribution < -0.4 is 11.1 Å². The summed E-state index contributed by atoms with van der Waals surface area (Å²) in [5.41, 5.74) is 5.52. The zero-order chi connectivity index (χ0) is 11.8. The fraction of sp³-hybridized carbons (Fsp3) is 0.909. The second-order valence-electron chi connectivity index (χ2n) is 4.27. The number of hydrogen-bond acceptors (Lipinski definition) is 3. The maximum atomic E-state index is 11.5. The van der Waals surface area contributed by atoms with E-state index in [-0.39, 0.29) is 24.0 Å². The summed E-state index contributed by atoms with van der Waals surface area (Å²) in [5, 5.41) is 12.0. The van der Waals surface area contributed by atoms with Crippen LogP contribution >= 0.6 is 0 Å². The molecule has 4 heteroatoms. The molecular formula is C11H24N2O2. The van der Waals surface area contributed by atoms with Crippen molar-refractivity contribution in [2.45, 2.75) is 52.2 Å². The molecule has 90 valence electrons. The van der Waals surface area contributed by atoms with E-state index in [9.17, 15) is 4.79 Å². The summed E-state index contributed by atoms with van der Waals surface area (Å²) in [6.45, 7) is 6.20. The molecule has 0 spiro atoms. The molecule has 0 heterocycles. The third-order valence-electron chi connectivity index (χ3n) is 2.49. The summed E-state index contributed by atoms with van der Waals surface area (Å²) in [5.74, 6) is 0.296. The largest absolute Gasteiger partial charge is 0.393 e. The van der Waals surface area contributed by atoms with E-state index in [1.807, 2.05) is 13.8 Å². The molecule has 0 aliphatic carbocycles. The fourth-order valence-corrected chi connectivity index (χ4v) is 1.56. The lowest BCUT2D eigenvalue weighted by atomic mass is 10.0. The molecule has 15 heavy (non-hydrogen) atoms. The average Bonchev–Trinajstić information content (AvgIpc) is 2.12. The molecule has 0 saturated carbocycles. The first-order chi connectivity index (χ1) is 6.99. The van der Waals surface area contributed by atoms with Crippen LogP contribution in [-0.4, -0.2) is 29.7 Å². The first kappa shape index (κ1) is 14.4. The number of hydrogen-bond donors (Lipinski definition) is 3. The van der Waals surface area contributed by atoms with Crippen molar-refractivity contribution in [3.63, 3.8) is 0 Å². The van der Waals surface area contributed by atoms with Crippen LogP contribution in [0.4, 0.5) is 0 Å². The zero-order valence-corrected chi connectivity index (χ0v) is 9.99. The molecule has 1 amide bonds. The van der Waals surface area contributed by atoms with E-state index in [0.29, 0.717) is 19.4 Å². The fourth-order valence-electron chi connectivity index (χ4n) is 1.56. The lowest BCUT2D eigenvalue weighted by molar-refractivity contribution is -0.122. The van der Waals surface area contributed by atoms with Crippen molar-refractivity contribution in [1.29, 1.82) is 0 Å². The number of carbonyl (C=O) groups excluding carboxylic acids is 1. The quantitative estimate of drug-likeness (QED) is 0.584. The predicted octanol–water partition coefficient (Wildman–Crippen LogP) is 0.637. The van der Waals surface area contributed by atoms with E-state index >= 15 is 0 Å². The van der Waals surface area contributed by atoms with Gasteiger partial charge in [0, 0.05) is 12.5 Å². The van der Waals surface area contributed by atoms with E-state index in [1.165, 1.54) is 0 Å². The van der Waals surface area contributed by atoms with Crippen LogP contribution in [0.3, 0.4) is 0 Å². The van der Waals surface area contributed by atoms with Crippen LogP contribution in [0.15, 0.2) is 0 Å². The van der Waals surface area contributed by atoms with Crippen LogP contribution in [-0.2, 0) is 4.79 Å². The van der Waals surface area contributed by atoms with Gasteiger partial charge in [0.1, 0.15) is 0 Å². The molecule has 0 fully saturated rings. The third kappa shape index (κ3) is 7.33. The van der Waals surface area contributed by atoms with Gasteiger partial charge >= 0.3 is 0 Å². The maximum Gasteiger partial charge on any atom is 0.220 e. The topological polar surface area (TPSA) is 75.4 Å². The van der Waals surface area contributed by atoms with E-state index in [2.05, 4.69) is 5.32 Å². The monoisotopic (exact) mass is 216 g/mol. The normalized spacial score (nSPS) is 16.9. The van der Waals surface area contributed by atoms with Gasteiger partial charge in [0.2, 0.25) is 5.91 Å². The van der Waals surface area contributed by atoms with Gasteiger partial charge in [-0.3, -0.25) is 4.79 Å². The van der Waals surface area contributed by atoms with Gasteiger partial charge in [0.05, 0.1) is 6.10 Å². The highest BCUT2D eigenvalue weighted by atomic mass is 16.3. The lowest BCUT2D eigenvalue weighted by Gasteiger charge is -2.17. The Labute approximate surface area is 92.2 Å². The van der Waals surface area contributed by atoms with Gasteiger partial charge in [-0.05, 0) is 32.7 Å².